The number of carbonyl (C=O) groups is 1. The first-order valence-corrected chi connectivity index (χ1v) is 6.10. The Labute approximate surface area is 97.5 Å². The van der Waals surface area contributed by atoms with E-state index in [9.17, 15) is 4.79 Å². The molecule has 2 rings (SSSR count). The molecule has 1 saturated carbocycles. The fourth-order valence-corrected chi connectivity index (χ4v) is 3.55. The van der Waals surface area contributed by atoms with Gasteiger partial charge in [0, 0.05) is 0 Å². The van der Waals surface area contributed by atoms with Gasteiger partial charge in [-0.05, 0) is 30.6 Å². The molecular weight excluding hydrogens is 204 g/mol. The fraction of sp³-hybridized carbons (Fsp3) is 0.923. The Morgan fingerprint density at radius 3 is 2.50 bits per heavy atom. The van der Waals surface area contributed by atoms with Crippen molar-refractivity contribution in [2.24, 2.45) is 16.7 Å². The number of ether oxygens (including phenoxy) is 2. The molecule has 3 atom stereocenters. The van der Waals surface area contributed by atoms with Crippen LogP contribution in [0.4, 0.5) is 0 Å². The van der Waals surface area contributed by atoms with Crippen LogP contribution in [-0.4, -0.2) is 25.8 Å². The average Bonchev–Trinajstić information content (AvgIpc) is 2.93. The SMILES string of the molecule is COC(=O)C1(CC2CO2)CC(C)(C)CC1C. The second-order valence-electron chi connectivity index (χ2n) is 6.25. The molecule has 16 heavy (non-hydrogen) atoms. The Kier molecular flexibility index (Phi) is 2.77. The van der Waals surface area contributed by atoms with E-state index in [0.29, 0.717) is 5.92 Å². The monoisotopic (exact) mass is 226 g/mol. The minimum atomic E-state index is -0.306. The maximum Gasteiger partial charge on any atom is 0.312 e. The molecule has 2 fully saturated rings. The zero-order valence-electron chi connectivity index (χ0n) is 10.7. The molecule has 1 saturated heterocycles. The third-order valence-corrected chi connectivity index (χ3v) is 4.18. The Hall–Kier alpha value is -0.570. The van der Waals surface area contributed by atoms with E-state index in [1.54, 1.807) is 0 Å². The predicted octanol–water partition coefficient (Wildman–Crippen LogP) is 2.39. The maximum absolute atomic E-state index is 12.1. The molecule has 92 valence electrons. The summed E-state index contributed by atoms with van der Waals surface area (Å²) in [6.45, 7) is 7.46. The first-order valence-electron chi connectivity index (χ1n) is 6.10. The van der Waals surface area contributed by atoms with E-state index in [4.69, 9.17) is 9.47 Å². The van der Waals surface area contributed by atoms with Gasteiger partial charge in [0.2, 0.25) is 0 Å². The summed E-state index contributed by atoms with van der Waals surface area (Å²) in [4.78, 5) is 12.1. The van der Waals surface area contributed by atoms with Crippen molar-refractivity contribution < 1.29 is 14.3 Å². The number of hydrogen-bond donors (Lipinski definition) is 0. The van der Waals surface area contributed by atoms with Crippen molar-refractivity contribution in [1.82, 2.24) is 0 Å². The Balaban J connectivity index is 2.22. The minimum Gasteiger partial charge on any atom is -0.469 e. The molecule has 0 bridgehead atoms. The van der Waals surface area contributed by atoms with Gasteiger partial charge < -0.3 is 9.47 Å². The molecule has 2 aliphatic rings. The summed E-state index contributed by atoms with van der Waals surface area (Å²) in [6.07, 6.45) is 3.14. The van der Waals surface area contributed by atoms with Gasteiger partial charge in [0.15, 0.2) is 0 Å². The minimum absolute atomic E-state index is 0.0407. The molecule has 0 aromatic rings. The molecule has 1 heterocycles. The highest BCUT2D eigenvalue weighted by molar-refractivity contribution is 5.77. The smallest absolute Gasteiger partial charge is 0.312 e. The van der Waals surface area contributed by atoms with Crippen LogP contribution >= 0.6 is 0 Å². The van der Waals surface area contributed by atoms with Crippen molar-refractivity contribution in [3.05, 3.63) is 0 Å². The van der Waals surface area contributed by atoms with E-state index < -0.39 is 0 Å². The molecule has 1 aliphatic heterocycles. The van der Waals surface area contributed by atoms with Gasteiger partial charge in [-0.25, -0.2) is 0 Å². The van der Waals surface area contributed by atoms with Gasteiger partial charge in [-0.15, -0.1) is 0 Å². The van der Waals surface area contributed by atoms with Crippen molar-refractivity contribution >= 4 is 5.97 Å². The number of rotatable bonds is 3. The molecule has 3 heteroatoms. The molecule has 0 radical (unpaired) electrons. The van der Waals surface area contributed by atoms with Crippen LogP contribution in [0.3, 0.4) is 0 Å². The van der Waals surface area contributed by atoms with Crippen molar-refractivity contribution in [3.8, 4) is 0 Å². The molecule has 1 aliphatic carbocycles. The van der Waals surface area contributed by atoms with Crippen molar-refractivity contribution in [2.75, 3.05) is 13.7 Å². The summed E-state index contributed by atoms with van der Waals surface area (Å²) in [6, 6.07) is 0. The van der Waals surface area contributed by atoms with E-state index in [1.807, 2.05) is 0 Å². The number of methoxy groups -OCH3 is 1. The number of carbonyl (C=O) groups excluding carboxylic acids is 1. The Morgan fingerprint density at radius 2 is 2.12 bits per heavy atom. The third-order valence-electron chi connectivity index (χ3n) is 4.18. The molecule has 0 N–H and O–H groups in total. The van der Waals surface area contributed by atoms with Gasteiger partial charge >= 0.3 is 5.97 Å². The molecule has 0 aromatic carbocycles. The van der Waals surface area contributed by atoms with Gasteiger partial charge in [-0.3, -0.25) is 4.79 Å². The lowest BCUT2D eigenvalue weighted by molar-refractivity contribution is -0.156. The maximum atomic E-state index is 12.1. The van der Waals surface area contributed by atoms with Crippen LogP contribution in [0.5, 0.6) is 0 Å². The second-order valence-corrected chi connectivity index (χ2v) is 6.25. The van der Waals surface area contributed by atoms with Crippen molar-refractivity contribution in [2.45, 2.75) is 46.1 Å². The van der Waals surface area contributed by atoms with E-state index in [1.165, 1.54) is 7.11 Å². The Morgan fingerprint density at radius 1 is 1.50 bits per heavy atom. The quantitative estimate of drug-likeness (QED) is 0.548. The summed E-state index contributed by atoms with van der Waals surface area (Å²) in [7, 11) is 1.50. The van der Waals surface area contributed by atoms with Gasteiger partial charge in [-0.1, -0.05) is 20.8 Å². The summed E-state index contributed by atoms with van der Waals surface area (Å²) < 4.78 is 10.3. The highest BCUT2D eigenvalue weighted by Crippen LogP contribution is 2.56. The van der Waals surface area contributed by atoms with Crippen LogP contribution in [0.15, 0.2) is 0 Å². The van der Waals surface area contributed by atoms with Gasteiger partial charge in [0.1, 0.15) is 0 Å². The van der Waals surface area contributed by atoms with E-state index in [0.717, 1.165) is 25.9 Å². The summed E-state index contributed by atoms with van der Waals surface area (Å²) in [5.74, 6) is 0.347. The first kappa shape index (κ1) is 11.9. The highest BCUT2D eigenvalue weighted by Gasteiger charge is 2.56. The normalized spacial score (nSPS) is 40.8. The number of epoxide rings is 1. The van der Waals surface area contributed by atoms with Crippen LogP contribution in [-0.2, 0) is 14.3 Å². The second kappa shape index (κ2) is 3.73. The number of esters is 1. The average molecular weight is 226 g/mol. The van der Waals surface area contributed by atoms with E-state index in [-0.39, 0.29) is 22.9 Å². The number of hydrogen-bond acceptors (Lipinski definition) is 3. The van der Waals surface area contributed by atoms with Gasteiger partial charge in [-0.2, -0.15) is 0 Å². The third kappa shape index (κ3) is 1.97. The largest absolute Gasteiger partial charge is 0.469 e. The molecular formula is C13H22O3. The lowest BCUT2D eigenvalue weighted by Crippen LogP contribution is -2.36. The summed E-state index contributed by atoms with van der Waals surface area (Å²) in [5, 5.41) is 0. The standard InChI is InChI=1S/C13H22O3/c1-9-5-12(2,3)8-13(9,11(14)15-4)6-10-7-16-10/h9-10H,5-8H2,1-4H3. The molecule has 3 unspecified atom stereocenters. The van der Waals surface area contributed by atoms with Gasteiger partial charge in [0.25, 0.3) is 0 Å². The first-order chi connectivity index (χ1) is 7.39. The molecule has 3 nitrogen and oxygen atoms in total. The van der Waals surface area contributed by atoms with Crippen LogP contribution in [0.2, 0.25) is 0 Å². The topological polar surface area (TPSA) is 38.8 Å². The van der Waals surface area contributed by atoms with Crippen LogP contribution in [0.1, 0.15) is 40.0 Å². The van der Waals surface area contributed by atoms with E-state index >= 15 is 0 Å². The fourth-order valence-electron chi connectivity index (χ4n) is 3.55. The predicted molar refractivity (Wildman–Crippen MR) is 61.0 cm³/mol. The van der Waals surface area contributed by atoms with Crippen LogP contribution in [0, 0.1) is 16.7 Å². The highest BCUT2D eigenvalue weighted by atomic mass is 16.6. The van der Waals surface area contributed by atoms with Crippen molar-refractivity contribution in [1.29, 1.82) is 0 Å². The lowest BCUT2D eigenvalue weighted by Gasteiger charge is -2.30. The Bertz CT molecular complexity index is 294. The van der Waals surface area contributed by atoms with E-state index in [2.05, 4.69) is 20.8 Å². The molecule has 0 spiro atoms. The van der Waals surface area contributed by atoms with Gasteiger partial charge in [0.05, 0.1) is 25.2 Å². The molecule has 0 aromatic heterocycles. The lowest BCUT2D eigenvalue weighted by atomic mass is 9.74. The summed E-state index contributed by atoms with van der Waals surface area (Å²) >= 11 is 0. The zero-order valence-corrected chi connectivity index (χ0v) is 10.7. The van der Waals surface area contributed by atoms with Crippen LogP contribution < -0.4 is 0 Å². The molecule has 0 amide bonds. The summed E-state index contributed by atoms with van der Waals surface area (Å²) in [5.41, 5.74) is -0.0675. The zero-order chi connectivity index (χ0) is 12.0. The van der Waals surface area contributed by atoms with Crippen LogP contribution in [0.25, 0.3) is 0 Å². The van der Waals surface area contributed by atoms with Crippen molar-refractivity contribution in [3.63, 3.8) is 0 Å².